The Morgan fingerprint density at radius 3 is 2.51 bits per heavy atom. The minimum absolute atomic E-state index is 0.0497. The monoisotopic (exact) mass is 540 g/mol. The standard InChI is InChI=1S/C26H21ClN2O7S/c1-34-22-11-6-17(14-23(22)36-16-18-4-2-3-5-21(18)29(32)33)15-24-25(30)28(26(31)37-24)12-13-35-20-9-7-19(27)8-10-20/h2-11,14-15H,12-13,16H2,1H3/b24-15-. The molecule has 0 aliphatic carbocycles. The normalized spacial score (nSPS) is 14.2. The molecule has 3 aromatic carbocycles. The van der Waals surface area contributed by atoms with Crippen LogP contribution in [0.3, 0.4) is 0 Å². The molecule has 0 atom stereocenters. The predicted molar refractivity (Wildman–Crippen MR) is 140 cm³/mol. The van der Waals surface area contributed by atoms with Crippen LogP contribution in [-0.2, 0) is 11.4 Å². The average molecular weight is 541 g/mol. The van der Waals surface area contributed by atoms with Crippen LogP contribution in [0.2, 0.25) is 5.02 Å². The first-order chi connectivity index (χ1) is 17.9. The Kier molecular flexibility index (Phi) is 8.32. The van der Waals surface area contributed by atoms with Gasteiger partial charge in [0, 0.05) is 11.1 Å². The summed E-state index contributed by atoms with van der Waals surface area (Å²) in [7, 11) is 1.48. The highest BCUT2D eigenvalue weighted by molar-refractivity contribution is 8.18. The first-order valence-corrected chi connectivity index (χ1v) is 12.2. The molecule has 0 aromatic heterocycles. The van der Waals surface area contributed by atoms with Crippen molar-refractivity contribution in [2.24, 2.45) is 0 Å². The highest BCUT2D eigenvalue weighted by Gasteiger charge is 2.34. The molecule has 3 aromatic rings. The first kappa shape index (κ1) is 26.1. The number of thioether (sulfide) groups is 1. The second-order valence-corrected chi connectivity index (χ2v) is 9.15. The van der Waals surface area contributed by atoms with Gasteiger partial charge in [-0.05, 0) is 65.9 Å². The van der Waals surface area contributed by atoms with Gasteiger partial charge in [0.1, 0.15) is 19.0 Å². The Morgan fingerprint density at radius 1 is 1.03 bits per heavy atom. The molecule has 37 heavy (non-hydrogen) atoms. The van der Waals surface area contributed by atoms with Crippen LogP contribution < -0.4 is 14.2 Å². The summed E-state index contributed by atoms with van der Waals surface area (Å²) in [6.45, 7) is 0.178. The molecule has 0 saturated carbocycles. The van der Waals surface area contributed by atoms with Crippen LogP contribution in [0, 0.1) is 10.1 Å². The van der Waals surface area contributed by atoms with Crippen LogP contribution in [0.4, 0.5) is 10.5 Å². The van der Waals surface area contributed by atoms with Crippen molar-refractivity contribution < 1.29 is 28.7 Å². The van der Waals surface area contributed by atoms with Gasteiger partial charge in [-0.3, -0.25) is 24.6 Å². The molecule has 190 valence electrons. The van der Waals surface area contributed by atoms with Crippen molar-refractivity contribution in [3.63, 3.8) is 0 Å². The molecule has 1 aliphatic heterocycles. The molecule has 1 saturated heterocycles. The largest absolute Gasteiger partial charge is 0.493 e. The summed E-state index contributed by atoms with van der Waals surface area (Å²) < 4.78 is 16.8. The minimum Gasteiger partial charge on any atom is -0.493 e. The molecule has 9 nitrogen and oxygen atoms in total. The minimum atomic E-state index is -0.469. The summed E-state index contributed by atoms with van der Waals surface area (Å²) in [5, 5.41) is 11.5. The van der Waals surface area contributed by atoms with Crippen molar-refractivity contribution in [2.45, 2.75) is 6.61 Å². The molecule has 1 aliphatic rings. The van der Waals surface area contributed by atoms with Crippen LogP contribution in [0.1, 0.15) is 11.1 Å². The quantitative estimate of drug-likeness (QED) is 0.176. The number of imide groups is 1. The fourth-order valence-electron chi connectivity index (χ4n) is 3.49. The third-order valence-corrected chi connectivity index (χ3v) is 6.49. The summed E-state index contributed by atoms with van der Waals surface area (Å²) in [4.78, 5) is 37.5. The molecule has 0 unspecified atom stereocenters. The molecule has 11 heteroatoms. The number of carbonyl (C=O) groups is 2. The van der Waals surface area contributed by atoms with Crippen LogP contribution in [-0.4, -0.2) is 41.2 Å². The topological polar surface area (TPSA) is 108 Å². The number of rotatable bonds is 10. The van der Waals surface area contributed by atoms with Crippen LogP contribution in [0.5, 0.6) is 17.2 Å². The van der Waals surface area contributed by atoms with E-state index in [1.165, 1.54) is 13.2 Å². The van der Waals surface area contributed by atoms with Gasteiger partial charge in [0.25, 0.3) is 16.8 Å². The second kappa shape index (κ2) is 11.8. The third-order valence-electron chi connectivity index (χ3n) is 5.33. The van der Waals surface area contributed by atoms with Gasteiger partial charge in [0.2, 0.25) is 0 Å². The smallest absolute Gasteiger partial charge is 0.293 e. The Bertz CT molecular complexity index is 1360. The number of carbonyl (C=O) groups excluding carboxylic acids is 2. The van der Waals surface area contributed by atoms with Gasteiger partial charge in [-0.2, -0.15) is 0 Å². The van der Waals surface area contributed by atoms with Gasteiger partial charge >= 0.3 is 0 Å². The summed E-state index contributed by atoms with van der Waals surface area (Å²) >= 11 is 6.69. The molecule has 2 amide bonds. The first-order valence-electron chi connectivity index (χ1n) is 11.0. The van der Waals surface area contributed by atoms with Crippen molar-refractivity contribution in [2.75, 3.05) is 20.3 Å². The second-order valence-electron chi connectivity index (χ2n) is 7.72. The number of ether oxygens (including phenoxy) is 3. The zero-order valence-electron chi connectivity index (χ0n) is 19.6. The van der Waals surface area contributed by atoms with Gasteiger partial charge in [0.05, 0.1) is 29.0 Å². The average Bonchev–Trinajstić information content (AvgIpc) is 3.16. The van der Waals surface area contributed by atoms with Gasteiger partial charge in [-0.25, -0.2) is 0 Å². The van der Waals surface area contributed by atoms with E-state index >= 15 is 0 Å². The Morgan fingerprint density at radius 2 is 1.78 bits per heavy atom. The zero-order chi connectivity index (χ0) is 26.4. The lowest BCUT2D eigenvalue weighted by molar-refractivity contribution is -0.385. The number of para-hydroxylation sites is 1. The van der Waals surface area contributed by atoms with E-state index in [0.29, 0.717) is 33.4 Å². The van der Waals surface area contributed by atoms with Crippen LogP contribution >= 0.6 is 23.4 Å². The maximum absolute atomic E-state index is 12.9. The number of nitro benzene ring substituents is 1. The van der Waals surface area contributed by atoms with E-state index in [0.717, 1.165) is 16.7 Å². The van der Waals surface area contributed by atoms with E-state index in [1.807, 2.05) is 0 Å². The third kappa shape index (κ3) is 6.41. The van der Waals surface area contributed by atoms with Crippen LogP contribution in [0.15, 0.2) is 71.6 Å². The van der Waals surface area contributed by atoms with Gasteiger partial charge in [0.15, 0.2) is 11.5 Å². The SMILES string of the molecule is COc1ccc(/C=C2\SC(=O)N(CCOc3ccc(Cl)cc3)C2=O)cc1OCc1ccccc1[N+](=O)[O-]. The summed E-state index contributed by atoms with van der Waals surface area (Å²) in [5.74, 6) is 0.916. The molecule has 0 spiro atoms. The van der Waals surface area contributed by atoms with Gasteiger partial charge < -0.3 is 14.2 Å². The zero-order valence-corrected chi connectivity index (χ0v) is 21.2. The molecule has 0 bridgehead atoms. The predicted octanol–water partition coefficient (Wildman–Crippen LogP) is 5.95. The number of methoxy groups -OCH3 is 1. The highest BCUT2D eigenvalue weighted by atomic mass is 35.5. The maximum Gasteiger partial charge on any atom is 0.293 e. The van der Waals surface area contributed by atoms with E-state index in [1.54, 1.807) is 66.7 Å². The number of amides is 2. The lowest BCUT2D eigenvalue weighted by Gasteiger charge is -2.13. The number of benzene rings is 3. The van der Waals surface area contributed by atoms with Crippen molar-refractivity contribution >= 4 is 46.3 Å². The van der Waals surface area contributed by atoms with E-state index in [-0.39, 0.29) is 30.4 Å². The number of nitro groups is 1. The fourth-order valence-corrected chi connectivity index (χ4v) is 4.48. The highest BCUT2D eigenvalue weighted by Crippen LogP contribution is 2.35. The van der Waals surface area contributed by atoms with E-state index in [9.17, 15) is 19.7 Å². The van der Waals surface area contributed by atoms with E-state index < -0.39 is 16.1 Å². The Balaban J connectivity index is 1.44. The van der Waals surface area contributed by atoms with Crippen molar-refractivity contribution in [1.82, 2.24) is 4.90 Å². The number of hydrogen-bond acceptors (Lipinski definition) is 8. The van der Waals surface area contributed by atoms with Crippen molar-refractivity contribution in [3.05, 3.63) is 97.9 Å². The van der Waals surface area contributed by atoms with E-state index in [2.05, 4.69) is 0 Å². The van der Waals surface area contributed by atoms with Crippen LogP contribution in [0.25, 0.3) is 6.08 Å². The Labute approximate surface area is 221 Å². The number of halogens is 1. The lowest BCUT2D eigenvalue weighted by atomic mass is 10.1. The van der Waals surface area contributed by atoms with Crippen molar-refractivity contribution in [3.8, 4) is 17.2 Å². The maximum atomic E-state index is 12.9. The molecule has 4 rings (SSSR count). The summed E-state index contributed by atoms with van der Waals surface area (Å²) in [5.41, 5.74) is 0.953. The summed E-state index contributed by atoms with van der Waals surface area (Å²) in [6, 6.07) is 18.1. The summed E-state index contributed by atoms with van der Waals surface area (Å²) in [6.07, 6.45) is 1.59. The lowest BCUT2D eigenvalue weighted by Crippen LogP contribution is -2.32. The Hall–Kier alpha value is -4.02. The van der Waals surface area contributed by atoms with Crippen molar-refractivity contribution in [1.29, 1.82) is 0 Å². The fraction of sp³-hybridized carbons (Fsp3) is 0.154. The molecule has 0 N–H and O–H groups in total. The number of nitrogens with zero attached hydrogens (tertiary/aromatic N) is 2. The molecular weight excluding hydrogens is 520 g/mol. The van der Waals surface area contributed by atoms with Gasteiger partial charge in [-0.15, -0.1) is 0 Å². The number of hydrogen-bond donors (Lipinski definition) is 0. The van der Waals surface area contributed by atoms with Gasteiger partial charge in [-0.1, -0.05) is 29.8 Å². The van der Waals surface area contributed by atoms with E-state index in [4.69, 9.17) is 25.8 Å². The molecular formula is C26H21ClN2O7S. The molecule has 1 heterocycles. The molecule has 1 fully saturated rings. The molecule has 0 radical (unpaired) electrons.